The Morgan fingerprint density at radius 3 is 2.74 bits per heavy atom. The Morgan fingerprint density at radius 1 is 1.05 bits per heavy atom. The Balaban J connectivity index is 1.44. The van der Waals surface area contributed by atoms with Gasteiger partial charge in [0.1, 0.15) is 5.52 Å². The van der Waals surface area contributed by atoms with Crippen LogP contribution in [0.25, 0.3) is 11.1 Å². The fourth-order valence-electron chi connectivity index (χ4n) is 2.82. The summed E-state index contributed by atoms with van der Waals surface area (Å²) in [4.78, 5) is 7.11. The first-order valence-electron chi connectivity index (χ1n) is 7.49. The van der Waals surface area contributed by atoms with Crippen LogP contribution in [0, 0.1) is 0 Å². The quantitative estimate of drug-likeness (QED) is 0.767. The molecule has 1 aromatic carbocycles. The summed E-state index contributed by atoms with van der Waals surface area (Å²) in [6.07, 6.45) is 7.56. The van der Waals surface area contributed by atoms with E-state index < -0.39 is 0 Å². The molecule has 0 amide bonds. The predicted octanol–water partition coefficient (Wildman–Crippen LogP) is 3.64. The van der Waals surface area contributed by atoms with Crippen molar-refractivity contribution < 1.29 is 4.42 Å². The molecule has 0 unspecified atom stereocenters. The van der Waals surface area contributed by atoms with Crippen LogP contribution in [-0.2, 0) is 6.42 Å². The zero-order chi connectivity index (χ0) is 12.9. The maximum Gasteiger partial charge on any atom is 0.195 e. The standard InChI is InChI=1S/C16H22N2O/c1-5-11-18(12-6-1)13-7-4-10-16-17-14-8-2-3-9-15(14)19-16/h2-3,8-9H,1,4-7,10-13H2. The highest BCUT2D eigenvalue weighted by Gasteiger charge is 2.09. The largest absolute Gasteiger partial charge is 0.441 e. The molecule has 1 aromatic heterocycles. The number of hydrogen-bond acceptors (Lipinski definition) is 3. The van der Waals surface area contributed by atoms with E-state index in [0.29, 0.717) is 0 Å². The van der Waals surface area contributed by atoms with Crippen LogP contribution in [0.5, 0.6) is 0 Å². The van der Waals surface area contributed by atoms with Crippen molar-refractivity contribution >= 4 is 11.1 Å². The molecule has 3 heteroatoms. The van der Waals surface area contributed by atoms with Crippen molar-refractivity contribution in [3.63, 3.8) is 0 Å². The van der Waals surface area contributed by atoms with Gasteiger partial charge in [-0.1, -0.05) is 18.6 Å². The SMILES string of the molecule is c1ccc2oc(CCCCN3CCCCC3)nc2c1. The lowest BCUT2D eigenvalue weighted by molar-refractivity contribution is 0.224. The van der Waals surface area contributed by atoms with E-state index in [4.69, 9.17) is 4.42 Å². The summed E-state index contributed by atoms with van der Waals surface area (Å²) < 4.78 is 5.74. The van der Waals surface area contributed by atoms with Crippen molar-refractivity contribution in [2.75, 3.05) is 19.6 Å². The first-order valence-corrected chi connectivity index (χ1v) is 7.49. The Morgan fingerprint density at radius 2 is 1.89 bits per heavy atom. The third kappa shape index (κ3) is 3.35. The summed E-state index contributed by atoms with van der Waals surface area (Å²) in [5, 5.41) is 0. The van der Waals surface area contributed by atoms with Crippen LogP contribution < -0.4 is 0 Å². The van der Waals surface area contributed by atoms with Crippen molar-refractivity contribution in [3.05, 3.63) is 30.2 Å². The van der Waals surface area contributed by atoms with E-state index >= 15 is 0 Å². The number of para-hydroxylation sites is 2. The molecule has 0 atom stereocenters. The van der Waals surface area contributed by atoms with Crippen LogP contribution in [0.1, 0.15) is 38.0 Å². The lowest BCUT2D eigenvalue weighted by Crippen LogP contribution is -2.30. The topological polar surface area (TPSA) is 29.3 Å². The number of unbranched alkanes of at least 4 members (excludes halogenated alkanes) is 1. The van der Waals surface area contributed by atoms with Gasteiger partial charge in [-0.05, 0) is 57.5 Å². The number of aromatic nitrogens is 1. The molecule has 2 heterocycles. The van der Waals surface area contributed by atoms with Crippen LogP contribution in [0.3, 0.4) is 0 Å². The lowest BCUT2D eigenvalue weighted by atomic mass is 10.1. The van der Waals surface area contributed by atoms with Gasteiger partial charge in [-0.3, -0.25) is 0 Å². The Hall–Kier alpha value is -1.35. The number of fused-ring (bicyclic) bond motifs is 1. The highest BCUT2D eigenvalue weighted by atomic mass is 16.3. The normalized spacial score (nSPS) is 17.1. The van der Waals surface area contributed by atoms with Gasteiger partial charge in [0.25, 0.3) is 0 Å². The molecule has 102 valence electrons. The molecule has 0 aliphatic carbocycles. The molecule has 1 aliphatic rings. The van der Waals surface area contributed by atoms with Gasteiger partial charge < -0.3 is 9.32 Å². The minimum absolute atomic E-state index is 0.889. The van der Waals surface area contributed by atoms with Crippen molar-refractivity contribution in [1.82, 2.24) is 9.88 Å². The molecular weight excluding hydrogens is 236 g/mol. The van der Waals surface area contributed by atoms with Crippen LogP contribution in [0.2, 0.25) is 0 Å². The Kier molecular flexibility index (Phi) is 4.13. The molecule has 3 nitrogen and oxygen atoms in total. The molecule has 0 saturated carbocycles. The maximum atomic E-state index is 5.74. The van der Waals surface area contributed by atoms with Gasteiger partial charge in [0.05, 0.1) is 0 Å². The molecule has 0 bridgehead atoms. The van der Waals surface area contributed by atoms with Crippen LogP contribution in [0.15, 0.2) is 28.7 Å². The summed E-state index contributed by atoms with van der Waals surface area (Å²) in [5.74, 6) is 0.889. The second-order valence-electron chi connectivity index (χ2n) is 5.43. The summed E-state index contributed by atoms with van der Waals surface area (Å²) >= 11 is 0. The maximum absolute atomic E-state index is 5.74. The summed E-state index contributed by atoms with van der Waals surface area (Å²) in [5.41, 5.74) is 1.89. The van der Waals surface area contributed by atoms with Crippen LogP contribution in [-0.4, -0.2) is 29.5 Å². The zero-order valence-electron chi connectivity index (χ0n) is 11.5. The van der Waals surface area contributed by atoms with Gasteiger partial charge in [-0.2, -0.15) is 0 Å². The number of oxazole rings is 1. The molecule has 0 radical (unpaired) electrons. The van der Waals surface area contributed by atoms with Gasteiger partial charge >= 0.3 is 0 Å². The summed E-state index contributed by atoms with van der Waals surface area (Å²) in [7, 11) is 0. The van der Waals surface area contributed by atoms with Crippen molar-refractivity contribution in [2.24, 2.45) is 0 Å². The first-order chi connectivity index (χ1) is 9.42. The van der Waals surface area contributed by atoms with E-state index in [0.717, 1.165) is 23.4 Å². The van der Waals surface area contributed by atoms with E-state index in [1.807, 2.05) is 24.3 Å². The van der Waals surface area contributed by atoms with Gasteiger partial charge in [-0.25, -0.2) is 4.98 Å². The van der Waals surface area contributed by atoms with Crippen molar-refractivity contribution in [2.45, 2.75) is 38.5 Å². The van der Waals surface area contributed by atoms with E-state index in [1.165, 1.54) is 51.7 Å². The zero-order valence-corrected chi connectivity index (χ0v) is 11.5. The number of nitrogens with zero attached hydrogens (tertiary/aromatic N) is 2. The highest BCUT2D eigenvalue weighted by Crippen LogP contribution is 2.16. The number of piperidine rings is 1. The summed E-state index contributed by atoms with van der Waals surface area (Å²) in [6, 6.07) is 7.99. The summed E-state index contributed by atoms with van der Waals surface area (Å²) in [6.45, 7) is 3.83. The Bertz CT molecular complexity index is 481. The average Bonchev–Trinajstić information content (AvgIpc) is 2.87. The third-order valence-electron chi connectivity index (χ3n) is 3.90. The van der Waals surface area contributed by atoms with Crippen molar-refractivity contribution in [1.29, 1.82) is 0 Å². The third-order valence-corrected chi connectivity index (χ3v) is 3.90. The van der Waals surface area contributed by atoms with E-state index in [-0.39, 0.29) is 0 Å². The molecule has 2 aromatic rings. The second-order valence-corrected chi connectivity index (χ2v) is 5.43. The fraction of sp³-hybridized carbons (Fsp3) is 0.562. The monoisotopic (exact) mass is 258 g/mol. The number of aryl methyl sites for hydroxylation is 1. The number of hydrogen-bond donors (Lipinski definition) is 0. The van der Waals surface area contributed by atoms with Crippen LogP contribution in [0.4, 0.5) is 0 Å². The van der Waals surface area contributed by atoms with Gasteiger partial charge in [-0.15, -0.1) is 0 Å². The number of likely N-dealkylation sites (tertiary alicyclic amines) is 1. The highest BCUT2D eigenvalue weighted by molar-refractivity contribution is 5.72. The Labute approximate surface area is 114 Å². The second kappa shape index (κ2) is 6.20. The van der Waals surface area contributed by atoms with Crippen molar-refractivity contribution in [3.8, 4) is 0 Å². The fourth-order valence-corrected chi connectivity index (χ4v) is 2.82. The molecular formula is C16H22N2O. The minimum Gasteiger partial charge on any atom is -0.441 e. The average molecular weight is 258 g/mol. The van der Waals surface area contributed by atoms with E-state index in [9.17, 15) is 0 Å². The first kappa shape index (κ1) is 12.7. The van der Waals surface area contributed by atoms with E-state index in [1.54, 1.807) is 0 Å². The van der Waals surface area contributed by atoms with E-state index in [2.05, 4.69) is 9.88 Å². The lowest BCUT2D eigenvalue weighted by Gasteiger charge is -2.26. The number of rotatable bonds is 5. The molecule has 19 heavy (non-hydrogen) atoms. The number of benzene rings is 1. The van der Waals surface area contributed by atoms with Gasteiger partial charge in [0.15, 0.2) is 11.5 Å². The molecule has 0 N–H and O–H groups in total. The van der Waals surface area contributed by atoms with Gasteiger partial charge in [0.2, 0.25) is 0 Å². The predicted molar refractivity (Wildman–Crippen MR) is 77.2 cm³/mol. The molecule has 3 rings (SSSR count). The minimum atomic E-state index is 0.889. The smallest absolute Gasteiger partial charge is 0.195 e. The van der Waals surface area contributed by atoms with Gasteiger partial charge in [0, 0.05) is 6.42 Å². The molecule has 1 aliphatic heterocycles. The van der Waals surface area contributed by atoms with Crippen LogP contribution >= 0.6 is 0 Å². The molecule has 1 fully saturated rings. The molecule has 1 saturated heterocycles. The molecule has 0 spiro atoms.